The monoisotopic (exact) mass is 571 g/mol. The van der Waals surface area contributed by atoms with E-state index >= 15 is 0 Å². The van der Waals surface area contributed by atoms with Crippen LogP contribution in [0.1, 0.15) is 31.0 Å². The number of methoxy groups -OCH3 is 1. The molecule has 6 nitrogen and oxygen atoms in total. The topological polar surface area (TPSA) is 78.9 Å². The van der Waals surface area contributed by atoms with Gasteiger partial charge in [-0.3, -0.25) is 0 Å². The van der Waals surface area contributed by atoms with Crippen molar-refractivity contribution in [2.75, 3.05) is 12.8 Å². The van der Waals surface area contributed by atoms with E-state index in [2.05, 4.69) is 44.0 Å². The number of aromatic nitrogens is 4. The van der Waals surface area contributed by atoms with E-state index in [-0.39, 0.29) is 0 Å². The molecule has 2 heterocycles. The van der Waals surface area contributed by atoms with Crippen LogP contribution >= 0.6 is 34.4 Å². The molecule has 0 saturated heterocycles. The second kappa shape index (κ2) is 8.40. The minimum absolute atomic E-state index is 0.322. The van der Waals surface area contributed by atoms with Gasteiger partial charge in [-0.05, 0) is 24.7 Å². The summed E-state index contributed by atoms with van der Waals surface area (Å²) in [6.07, 6.45) is 5.66. The zero-order valence-electron chi connectivity index (χ0n) is 15.8. The summed E-state index contributed by atoms with van der Waals surface area (Å²) in [6, 6.07) is 6.01. The summed E-state index contributed by atoms with van der Waals surface area (Å²) in [7, 11) is 1.67. The van der Waals surface area contributed by atoms with E-state index in [0.717, 1.165) is 31.4 Å². The van der Waals surface area contributed by atoms with E-state index in [1.165, 1.54) is 18.2 Å². The second-order valence-electron chi connectivity index (χ2n) is 7.06. The molecule has 0 spiro atoms. The van der Waals surface area contributed by atoms with Crippen LogP contribution in [0.5, 0.6) is 5.75 Å². The van der Waals surface area contributed by atoms with Crippen LogP contribution in [0.15, 0.2) is 34.6 Å². The number of fused-ring (bicyclic) bond motifs is 2. The van der Waals surface area contributed by atoms with Gasteiger partial charge in [-0.1, -0.05) is 0 Å². The molecule has 2 aliphatic carbocycles. The van der Waals surface area contributed by atoms with Crippen molar-refractivity contribution in [2.24, 2.45) is 11.8 Å². The zero-order valence-corrected chi connectivity index (χ0v) is 21.2. The Kier molecular flexibility index (Phi) is 6.09. The number of hydrogen-bond donors (Lipinski definition) is 1. The van der Waals surface area contributed by atoms with Crippen molar-refractivity contribution >= 4 is 68.2 Å². The Morgan fingerprint density at radius 3 is 2.68 bits per heavy atom. The molecule has 0 amide bonds. The molecule has 148 valence electrons. The third-order valence-electron chi connectivity index (χ3n) is 5.03. The fraction of sp³-hybridized carbons (Fsp3) is 0.421. The molecule has 0 bridgehead atoms. The summed E-state index contributed by atoms with van der Waals surface area (Å²) >= 11 is 5.56. The number of hydrogen-bond acceptors (Lipinski definition) is 6. The Bertz CT molecular complexity index is 1000. The number of nitrogens with two attached hydrogens (primary N) is 1. The molecule has 5 rings (SSSR count). The molecule has 2 atom stereocenters. The van der Waals surface area contributed by atoms with E-state index in [1.807, 2.05) is 18.2 Å². The van der Waals surface area contributed by atoms with Crippen LogP contribution in [0.4, 0.5) is 5.82 Å². The fourth-order valence-electron chi connectivity index (χ4n) is 2.80. The predicted octanol–water partition coefficient (Wildman–Crippen LogP) is 3.74. The molecular formula is C19H23AsIN5OS. The average Bonchev–Trinajstić information content (AvgIpc) is 3.57. The normalized spacial score (nSPS) is 20.1. The summed E-state index contributed by atoms with van der Waals surface area (Å²) in [4.78, 5) is 14.6. The molecule has 2 unspecified atom stereocenters. The van der Waals surface area contributed by atoms with Gasteiger partial charge in [-0.25, -0.2) is 0 Å². The standard InChI is InChI=1S/C15H17AsIN5OS.C4H6/c1-3-11(16)22-14-12(13(18)19-7-20-14)21-15(22)24-10-6-8(23-2)4-5-9(10)17;1-3-2-4(1)3/h4-7,11H,3,16H2,1-2H3,(H2,18,19,20);3-4H,1-2H2. The molecule has 2 N–H and O–H groups in total. The Morgan fingerprint density at radius 2 is 2.07 bits per heavy atom. The third-order valence-corrected chi connectivity index (χ3v) is 8.98. The first-order valence-corrected chi connectivity index (χ1v) is 12.6. The van der Waals surface area contributed by atoms with Gasteiger partial charge in [-0.2, -0.15) is 0 Å². The first-order chi connectivity index (χ1) is 13.5. The number of anilines is 1. The molecule has 0 radical (unpaired) electrons. The molecule has 2 fully saturated rings. The average molecular weight is 571 g/mol. The van der Waals surface area contributed by atoms with Crippen molar-refractivity contribution in [1.82, 2.24) is 19.5 Å². The van der Waals surface area contributed by atoms with Crippen LogP contribution in [0.2, 0.25) is 0 Å². The van der Waals surface area contributed by atoms with Gasteiger partial charge in [0.15, 0.2) is 0 Å². The SMILES string of the molecule is C1C2CC12.CCC([AsH2])n1c(Sc2cc(OC)ccc2I)nc2c(N)ncnc21. The van der Waals surface area contributed by atoms with E-state index in [0.29, 0.717) is 16.2 Å². The van der Waals surface area contributed by atoms with Crippen molar-refractivity contribution in [3.8, 4) is 5.75 Å². The van der Waals surface area contributed by atoms with E-state index < -0.39 is 0 Å². The van der Waals surface area contributed by atoms with Crippen molar-refractivity contribution in [3.63, 3.8) is 0 Å². The number of rotatable bonds is 5. The number of halogens is 1. The van der Waals surface area contributed by atoms with Crippen molar-refractivity contribution in [3.05, 3.63) is 28.1 Å². The van der Waals surface area contributed by atoms with Crippen molar-refractivity contribution in [1.29, 1.82) is 0 Å². The Labute approximate surface area is 191 Å². The number of imidazole rings is 1. The molecule has 1 aromatic carbocycles. The molecule has 0 aliphatic heterocycles. The molecule has 9 heteroatoms. The molecule has 2 aromatic heterocycles. The zero-order chi connectivity index (χ0) is 19.8. The first-order valence-electron chi connectivity index (χ1n) is 9.27. The van der Waals surface area contributed by atoms with Crippen LogP contribution in [-0.4, -0.2) is 43.5 Å². The van der Waals surface area contributed by atoms with Gasteiger partial charge in [0, 0.05) is 0 Å². The summed E-state index contributed by atoms with van der Waals surface area (Å²) in [5.74, 6) is 3.74. The van der Waals surface area contributed by atoms with E-state index in [1.54, 1.807) is 48.6 Å². The van der Waals surface area contributed by atoms with E-state index in [9.17, 15) is 0 Å². The maximum absolute atomic E-state index is 6.00. The summed E-state index contributed by atoms with van der Waals surface area (Å²) in [6.45, 7) is 2.16. The number of benzene rings is 1. The van der Waals surface area contributed by atoms with Crippen LogP contribution in [0.25, 0.3) is 11.2 Å². The van der Waals surface area contributed by atoms with Crippen LogP contribution in [0, 0.1) is 15.4 Å². The molecule has 3 aromatic rings. The van der Waals surface area contributed by atoms with Gasteiger partial charge in [0.05, 0.1) is 0 Å². The quantitative estimate of drug-likeness (QED) is 0.372. The Balaban J connectivity index is 0.000000416. The van der Waals surface area contributed by atoms with Crippen LogP contribution in [-0.2, 0) is 0 Å². The molecular weight excluding hydrogens is 548 g/mol. The van der Waals surface area contributed by atoms with Gasteiger partial charge in [0.25, 0.3) is 0 Å². The van der Waals surface area contributed by atoms with Gasteiger partial charge in [-0.15, -0.1) is 0 Å². The summed E-state index contributed by atoms with van der Waals surface area (Å²) in [5, 5.41) is 0.875. The Morgan fingerprint density at radius 1 is 1.36 bits per heavy atom. The number of nitrogens with zero attached hydrogens (tertiary/aromatic N) is 4. The summed E-state index contributed by atoms with van der Waals surface area (Å²) < 4.78 is 8.65. The van der Waals surface area contributed by atoms with Gasteiger partial charge < -0.3 is 0 Å². The first kappa shape index (κ1) is 20.3. The van der Waals surface area contributed by atoms with Gasteiger partial charge in [0.2, 0.25) is 0 Å². The molecule has 2 saturated carbocycles. The van der Waals surface area contributed by atoms with Crippen molar-refractivity contribution < 1.29 is 4.74 Å². The third kappa shape index (κ3) is 4.28. The number of ether oxygens (including phenoxy) is 1. The maximum atomic E-state index is 6.00. The van der Waals surface area contributed by atoms with E-state index in [4.69, 9.17) is 15.5 Å². The second-order valence-corrected chi connectivity index (χ2v) is 10.8. The predicted molar refractivity (Wildman–Crippen MR) is 124 cm³/mol. The Hall–Kier alpha value is -0.992. The van der Waals surface area contributed by atoms with Gasteiger partial charge in [0.1, 0.15) is 0 Å². The summed E-state index contributed by atoms with van der Waals surface area (Å²) in [5.41, 5.74) is 7.45. The van der Waals surface area contributed by atoms with Gasteiger partial charge >= 0.3 is 167 Å². The fourth-order valence-corrected chi connectivity index (χ4v) is 5.28. The molecule has 28 heavy (non-hydrogen) atoms. The number of nitrogen functional groups attached to an aromatic ring is 1. The van der Waals surface area contributed by atoms with Crippen LogP contribution < -0.4 is 10.5 Å². The minimum atomic E-state index is 0.322. The molecule has 2 aliphatic rings. The van der Waals surface area contributed by atoms with Crippen molar-refractivity contribution in [2.45, 2.75) is 41.1 Å². The van der Waals surface area contributed by atoms with Crippen LogP contribution in [0.3, 0.4) is 0 Å².